The van der Waals surface area contributed by atoms with Gasteiger partial charge in [-0.2, -0.15) is 18.2 Å². The van der Waals surface area contributed by atoms with E-state index in [1.807, 2.05) is 0 Å². The van der Waals surface area contributed by atoms with E-state index in [0.717, 1.165) is 12.1 Å². The molecule has 7 N–H and O–H groups in total. The third kappa shape index (κ3) is 5.95. The van der Waals surface area contributed by atoms with E-state index in [9.17, 15) is 32.3 Å². The second-order valence-electron chi connectivity index (χ2n) is 7.12. The van der Waals surface area contributed by atoms with Gasteiger partial charge in [-0.05, 0) is 29.8 Å². The maximum atomic E-state index is 13.4. The second-order valence-corrected chi connectivity index (χ2v) is 7.12. The molecule has 12 nitrogen and oxygen atoms in total. The Kier molecular flexibility index (Phi) is 7.24. The first-order valence-electron chi connectivity index (χ1n) is 9.74. The van der Waals surface area contributed by atoms with Crippen LogP contribution in [0, 0.1) is 0 Å². The van der Waals surface area contributed by atoms with Crippen LogP contribution in [-0.2, 0) is 12.6 Å². The summed E-state index contributed by atoms with van der Waals surface area (Å²) in [6, 6.07) is 6.77. The molecule has 0 aliphatic rings. The number of imidazole rings is 1. The number of hydrogen-bond donors (Lipinski definition) is 6. The Bertz CT molecular complexity index is 1340. The Labute approximate surface area is 198 Å². The van der Waals surface area contributed by atoms with E-state index in [4.69, 9.17) is 16.0 Å². The molecule has 3 rings (SSSR count). The van der Waals surface area contributed by atoms with Gasteiger partial charge in [0.15, 0.2) is 0 Å². The molecule has 1 heterocycles. The van der Waals surface area contributed by atoms with Crippen molar-refractivity contribution in [2.75, 3.05) is 0 Å². The van der Waals surface area contributed by atoms with Crippen molar-refractivity contribution < 1.29 is 47.4 Å². The first-order valence-corrected chi connectivity index (χ1v) is 9.74. The van der Waals surface area contributed by atoms with Gasteiger partial charge < -0.3 is 20.6 Å². The number of ether oxygens (including phenoxy) is 1. The number of H-pyrrole nitrogens is 1. The van der Waals surface area contributed by atoms with E-state index in [1.165, 1.54) is 29.7 Å². The van der Waals surface area contributed by atoms with Crippen molar-refractivity contribution in [1.29, 1.82) is 0 Å². The molecule has 0 spiro atoms. The molecule has 0 atom stereocenters. The Balaban J connectivity index is 2.03. The molecule has 36 heavy (non-hydrogen) atoms. The summed E-state index contributed by atoms with van der Waals surface area (Å²) in [5.41, 5.74) is 4.48. The lowest BCUT2D eigenvalue weighted by atomic mass is 10.0. The van der Waals surface area contributed by atoms with Gasteiger partial charge in [0.05, 0.1) is 11.1 Å². The van der Waals surface area contributed by atoms with E-state index < -0.39 is 47.2 Å². The molecule has 0 aliphatic heterocycles. The molecule has 188 valence electrons. The number of alkyl halides is 3. The fraction of sp³-hybridized carbons (Fsp3) is 0.0952. The van der Waals surface area contributed by atoms with Crippen LogP contribution < -0.4 is 21.3 Å². The predicted octanol–water partition coefficient (Wildman–Crippen LogP) is 2.67. The molecule has 2 aromatic carbocycles. The monoisotopic (exact) mass is 507 g/mol. The molecule has 0 saturated carbocycles. The van der Waals surface area contributed by atoms with Gasteiger partial charge >= 0.3 is 18.4 Å². The van der Waals surface area contributed by atoms with Crippen molar-refractivity contribution in [2.45, 2.75) is 12.6 Å². The number of amides is 4. The van der Waals surface area contributed by atoms with Gasteiger partial charge in [-0.1, -0.05) is 18.2 Å². The van der Waals surface area contributed by atoms with Gasteiger partial charge in [0.25, 0.3) is 17.7 Å². The Morgan fingerprint density at radius 2 is 1.72 bits per heavy atom. The maximum Gasteiger partial charge on any atom is 0.512 e. The number of nitrogens with two attached hydrogens (primary N) is 1. The van der Waals surface area contributed by atoms with E-state index in [1.54, 1.807) is 5.32 Å². The number of hydrogen-bond acceptors (Lipinski definition) is 7. The number of aromatic nitrogens is 2. The number of carbonyl (C=O) groups excluding carboxylic acids is 3. The third-order valence-corrected chi connectivity index (χ3v) is 4.69. The zero-order chi connectivity index (χ0) is 26.6. The second kappa shape index (κ2) is 10.1. The normalized spacial score (nSPS) is 11.0. The third-order valence-electron chi connectivity index (χ3n) is 4.69. The number of aromatic amines is 1. The molecule has 4 amide bonds. The van der Waals surface area contributed by atoms with E-state index in [-0.39, 0.29) is 29.1 Å². The fourth-order valence-electron chi connectivity index (χ4n) is 3.19. The van der Waals surface area contributed by atoms with Crippen LogP contribution in [0.25, 0.3) is 11.3 Å². The highest BCUT2D eigenvalue weighted by molar-refractivity contribution is 6.05. The number of primary amides is 1. The molecular formula is C21H16F3N5O7. The molecule has 0 fully saturated rings. The molecule has 0 aliphatic carbocycles. The fourth-order valence-corrected chi connectivity index (χ4v) is 3.19. The van der Waals surface area contributed by atoms with Crippen molar-refractivity contribution >= 4 is 24.0 Å². The molecule has 15 heteroatoms. The molecule has 0 bridgehead atoms. The van der Waals surface area contributed by atoms with Crippen molar-refractivity contribution in [2.24, 2.45) is 5.73 Å². The van der Waals surface area contributed by atoms with Crippen molar-refractivity contribution in [3.05, 3.63) is 70.5 Å². The van der Waals surface area contributed by atoms with Crippen LogP contribution in [0.5, 0.6) is 5.88 Å². The zero-order valence-electron chi connectivity index (χ0n) is 17.8. The quantitative estimate of drug-likeness (QED) is 0.166. The summed E-state index contributed by atoms with van der Waals surface area (Å²) in [4.78, 5) is 52.5. The standard InChI is InChI=1S/C21H16F3N5O7/c22-21(23,24)13-6-5-11(8-12(13)17(31)28-19(25)32)15-18(36-20(33)34)27-14(26-15)7-9-1-3-10(4-2-9)16(30)29-35/h1-6,8,35H,7H2,(H,26,27)(H,29,30)(H,33,34)(H3,25,28,31,32). The summed E-state index contributed by atoms with van der Waals surface area (Å²) in [5.74, 6) is -2.54. The van der Waals surface area contributed by atoms with Crippen molar-refractivity contribution in [3.8, 4) is 17.1 Å². The van der Waals surface area contributed by atoms with Crippen molar-refractivity contribution in [1.82, 2.24) is 20.8 Å². The number of benzene rings is 2. The zero-order valence-corrected chi connectivity index (χ0v) is 17.8. The summed E-state index contributed by atoms with van der Waals surface area (Å²) >= 11 is 0. The van der Waals surface area contributed by atoms with Gasteiger partial charge in [0, 0.05) is 17.5 Å². The average Bonchev–Trinajstić information content (AvgIpc) is 3.18. The number of nitrogens with zero attached hydrogens (tertiary/aromatic N) is 1. The van der Waals surface area contributed by atoms with Gasteiger partial charge in [-0.3, -0.25) is 20.1 Å². The Morgan fingerprint density at radius 1 is 1.06 bits per heavy atom. The number of nitrogens with one attached hydrogen (secondary N) is 3. The van der Waals surface area contributed by atoms with Crippen LogP contribution in [0.3, 0.4) is 0 Å². The predicted molar refractivity (Wildman–Crippen MR) is 113 cm³/mol. The number of carboxylic acid groups (broad SMARTS) is 1. The van der Waals surface area contributed by atoms with E-state index in [0.29, 0.717) is 11.6 Å². The lowest BCUT2D eigenvalue weighted by molar-refractivity contribution is -0.137. The van der Waals surface area contributed by atoms with Crippen molar-refractivity contribution in [3.63, 3.8) is 0 Å². The van der Waals surface area contributed by atoms with Gasteiger partial charge in [-0.15, -0.1) is 0 Å². The number of urea groups is 1. The largest absolute Gasteiger partial charge is 0.512 e. The highest BCUT2D eigenvalue weighted by Crippen LogP contribution is 2.36. The van der Waals surface area contributed by atoms with Crippen LogP contribution >= 0.6 is 0 Å². The summed E-state index contributed by atoms with van der Waals surface area (Å²) in [6.07, 6.45) is -6.67. The molecule has 0 saturated heterocycles. The van der Waals surface area contributed by atoms with E-state index >= 15 is 0 Å². The Hall–Kier alpha value is -4.92. The first kappa shape index (κ1) is 25.7. The summed E-state index contributed by atoms with van der Waals surface area (Å²) in [6.45, 7) is 0. The minimum atomic E-state index is -4.96. The first-order chi connectivity index (χ1) is 16.9. The summed E-state index contributed by atoms with van der Waals surface area (Å²) in [7, 11) is 0. The number of carbonyl (C=O) groups is 4. The van der Waals surface area contributed by atoms with Crippen LogP contribution in [0.15, 0.2) is 42.5 Å². The number of hydroxylamine groups is 1. The van der Waals surface area contributed by atoms with Crippen LogP contribution in [0.1, 0.15) is 37.7 Å². The lowest BCUT2D eigenvalue weighted by Crippen LogP contribution is -2.36. The number of halogens is 3. The van der Waals surface area contributed by atoms with Crippen LogP contribution in [-0.4, -0.2) is 44.3 Å². The Morgan fingerprint density at radius 3 is 2.28 bits per heavy atom. The molecule has 0 unspecified atom stereocenters. The topological polar surface area (TPSA) is 197 Å². The minimum absolute atomic E-state index is 0.0483. The molecule has 3 aromatic rings. The van der Waals surface area contributed by atoms with Crippen LogP contribution in [0.4, 0.5) is 22.8 Å². The van der Waals surface area contributed by atoms with E-state index in [2.05, 4.69) is 14.7 Å². The maximum absolute atomic E-state index is 13.4. The highest BCUT2D eigenvalue weighted by atomic mass is 19.4. The molecule has 0 radical (unpaired) electrons. The molecule has 1 aromatic heterocycles. The number of rotatable bonds is 6. The molecular weight excluding hydrogens is 491 g/mol. The summed E-state index contributed by atoms with van der Waals surface area (Å²) in [5, 5.41) is 19.3. The van der Waals surface area contributed by atoms with Gasteiger partial charge in [-0.25, -0.2) is 15.1 Å². The minimum Gasteiger partial charge on any atom is -0.449 e. The average molecular weight is 507 g/mol. The smallest absolute Gasteiger partial charge is 0.449 e. The lowest BCUT2D eigenvalue weighted by Gasteiger charge is -2.13. The van der Waals surface area contributed by atoms with Crippen LogP contribution in [0.2, 0.25) is 0 Å². The van der Waals surface area contributed by atoms with Gasteiger partial charge in [0.1, 0.15) is 11.5 Å². The van der Waals surface area contributed by atoms with Gasteiger partial charge in [0.2, 0.25) is 0 Å². The highest BCUT2D eigenvalue weighted by Gasteiger charge is 2.36. The summed E-state index contributed by atoms with van der Waals surface area (Å²) < 4.78 is 44.9. The SMILES string of the molecule is NC(=O)NC(=O)c1cc(-c2[nH]c(Cc3ccc(C(=O)NO)cc3)nc2OC(=O)O)ccc1C(F)(F)F. The number of imide groups is 1.